The third-order valence-electron chi connectivity index (χ3n) is 5.29. The van der Waals surface area contributed by atoms with Crippen LogP contribution in [-0.2, 0) is 0 Å². The fraction of sp³-hybridized carbons (Fsp3) is 0.261. The van der Waals surface area contributed by atoms with Gasteiger partial charge < -0.3 is 19.7 Å². The van der Waals surface area contributed by atoms with Crippen molar-refractivity contribution in [3.8, 4) is 11.3 Å². The van der Waals surface area contributed by atoms with Crippen molar-refractivity contribution in [3.05, 3.63) is 77.8 Å². The Balaban J connectivity index is 1.74. The molecule has 7 heteroatoms. The summed E-state index contributed by atoms with van der Waals surface area (Å²) in [6.07, 6.45) is 3.82. The zero-order valence-corrected chi connectivity index (χ0v) is 17.4. The molecule has 0 bridgehead atoms. The van der Waals surface area contributed by atoms with Gasteiger partial charge in [0.2, 0.25) is 0 Å². The van der Waals surface area contributed by atoms with Gasteiger partial charge in [-0.25, -0.2) is 4.79 Å². The Bertz CT molecular complexity index is 1050. The van der Waals surface area contributed by atoms with E-state index >= 15 is 0 Å². The van der Waals surface area contributed by atoms with Gasteiger partial charge in [-0.1, -0.05) is 37.6 Å². The molecule has 1 saturated heterocycles. The number of pyridine rings is 1. The molecule has 0 amide bonds. The number of carboxylic acid groups (broad SMARTS) is 1. The summed E-state index contributed by atoms with van der Waals surface area (Å²) in [6.45, 7) is 2.95. The van der Waals surface area contributed by atoms with Crippen molar-refractivity contribution < 1.29 is 14.3 Å². The Labute approximate surface area is 180 Å². The first-order valence-corrected chi connectivity index (χ1v) is 10.4. The van der Waals surface area contributed by atoms with Crippen molar-refractivity contribution in [1.82, 2.24) is 15.2 Å². The maximum absolute atomic E-state index is 11.6. The van der Waals surface area contributed by atoms with Crippen LogP contribution >= 0.6 is 12.2 Å². The second-order valence-electron chi connectivity index (χ2n) is 7.23. The van der Waals surface area contributed by atoms with Gasteiger partial charge in [0.25, 0.3) is 0 Å². The Hall–Kier alpha value is -3.19. The second-order valence-corrected chi connectivity index (χ2v) is 7.61. The van der Waals surface area contributed by atoms with E-state index in [1.54, 1.807) is 30.5 Å². The molecule has 6 nitrogen and oxygen atoms in total. The van der Waals surface area contributed by atoms with Crippen LogP contribution in [0.1, 0.15) is 53.7 Å². The second kappa shape index (κ2) is 8.67. The normalized spacial score (nSPS) is 18.4. The first-order chi connectivity index (χ1) is 14.6. The first-order valence-electron chi connectivity index (χ1n) is 10.0. The van der Waals surface area contributed by atoms with Crippen molar-refractivity contribution in [1.29, 1.82) is 0 Å². The highest BCUT2D eigenvalue weighted by molar-refractivity contribution is 7.80. The van der Waals surface area contributed by atoms with Crippen molar-refractivity contribution in [2.45, 2.75) is 31.8 Å². The Morgan fingerprint density at radius 3 is 2.73 bits per heavy atom. The van der Waals surface area contributed by atoms with Crippen LogP contribution in [0.5, 0.6) is 0 Å². The summed E-state index contributed by atoms with van der Waals surface area (Å²) in [5.41, 5.74) is 1.65. The van der Waals surface area contributed by atoms with Gasteiger partial charge in [-0.15, -0.1) is 0 Å². The molecule has 3 heterocycles. The maximum Gasteiger partial charge on any atom is 0.336 e. The minimum Gasteiger partial charge on any atom is -0.478 e. The number of aromatic carboxylic acids is 1. The van der Waals surface area contributed by atoms with Gasteiger partial charge in [0, 0.05) is 18.3 Å². The molecule has 0 saturated carbocycles. The number of carbonyl (C=O) groups is 1. The van der Waals surface area contributed by atoms with Crippen LogP contribution in [0.4, 0.5) is 0 Å². The largest absolute Gasteiger partial charge is 0.478 e. The average molecular weight is 422 g/mol. The van der Waals surface area contributed by atoms with Gasteiger partial charge >= 0.3 is 5.97 Å². The maximum atomic E-state index is 11.6. The lowest BCUT2D eigenvalue weighted by Gasteiger charge is -2.25. The van der Waals surface area contributed by atoms with Crippen molar-refractivity contribution >= 4 is 23.3 Å². The van der Waals surface area contributed by atoms with Crippen LogP contribution in [0.2, 0.25) is 0 Å². The highest BCUT2D eigenvalue weighted by Crippen LogP contribution is 2.40. The minimum absolute atomic E-state index is 0.149. The van der Waals surface area contributed by atoms with Gasteiger partial charge in [0.15, 0.2) is 5.11 Å². The number of hydrogen-bond donors (Lipinski definition) is 2. The standard InChI is InChI=1S/C23H23N3O3S/c1-2-3-14-26-21(20(25-23(26)30)17-10-6-7-13-24-17)19-12-11-18(29-19)15-8-4-5-9-16(15)22(27)28/h4-13,20-21H,2-3,14H2,1H3,(H,25,30)(H,27,28)/t20-,21-/m0/s1. The number of hydrogen-bond acceptors (Lipinski definition) is 4. The van der Waals surface area contributed by atoms with E-state index in [0.29, 0.717) is 16.4 Å². The molecule has 1 fully saturated rings. The molecule has 0 radical (unpaired) electrons. The molecular weight excluding hydrogens is 398 g/mol. The fourth-order valence-electron chi connectivity index (χ4n) is 3.82. The number of nitrogens with one attached hydrogen (secondary N) is 1. The highest BCUT2D eigenvalue weighted by atomic mass is 32.1. The molecule has 2 aromatic heterocycles. The number of unbranched alkanes of at least 4 members (excludes halogenated alkanes) is 1. The van der Waals surface area contributed by atoms with Crippen LogP contribution in [0, 0.1) is 0 Å². The number of rotatable bonds is 7. The van der Waals surface area contributed by atoms with Crippen molar-refractivity contribution in [3.63, 3.8) is 0 Å². The summed E-state index contributed by atoms with van der Waals surface area (Å²) >= 11 is 5.63. The number of benzene rings is 1. The molecule has 1 aliphatic rings. The van der Waals surface area contributed by atoms with Gasteiger partial charge in [0.1, 0.15) is 17.6 Å². The van der Waals surface area contributed by atoms with Crippen LogP contribution < -0.4 is 5.32 Å². The van der Waals surface area contributed by atoms with E-state index in [4.69, 9.17) is 16.6 Å². The zero-order valence-electron chi connectivity index (χ0n) is 16.6. The Morgan fingerprint density at radius 2 is 2.00 bits per heavy atom. The predicted octanol–water partition coefficient (Wildman–Crippen LogP) is 4.81. The quantitative estimate of drug-likeness (QED) is 0.530. The van der Waals surface area contributed by atoms with Crippen molar-refractivity contribution in [2.75, 3.05) is 6.54 Å². The lowest BCUT2D eigenvalue weighted by molar-refractivity contribution is 0.0697. The van der Waals surface area contributed by atoms with E-state index < -0.39 is 5.97 Å². The number of aromatic nitrogens is 1. The summed E-state index contributed by atoms with van der Waals surface area (Å²) in [7, 11) is 0. The molecule has 4 rings (SSSR count). The van der Waals surface area contributed by atoms with E-state index in [0.717, 1.165) is 30.8 Å². The Morgan fingerprint density at radius 1 is 1.20 bits per heavy atom. The summed E-state index contributed by atoms with van der Waals surface area (Å²) in [4.78, 5) is 18.3. The van der Waals surface area contributed by atoms with Crippen molar-refractivity contribution in [2.24, 2.45) is 0 Å². The summed E-state index contributed by atoms with van der Waals surface area (Å²) in [5, 5.41) is 13.6. The smallest absolute Gasteiger partial charge is 0.336 e. The van der Waals surface area contributed by atoms with Crippen LogP contribution in [0.15, 0.2) is 65.2 Å². The van der Waals surface area contributed by atoms with Crippen LogP contribution in [0.25, 0.3) is 11.3 Å². The molecule has 2 N–H and O–H groups in total. The molecule has 0 aliphatic carbocycles. The summed E-state index contributed by atoms with van der Waals surface area (Å²) < 4.78 is 6.22. The number of nitrogens with zero attached hydrogens (tertiary/aromatic N) is 2. The van der Waals surface area contributed by atoms with E-state index in [1.807, 2.05) is 30.3 Å². The molecule has 30 heavy (non-hydrogen) atoms. The molecule has 1 aromatic carbocycles. The third-order valence-corrected chi connectivity index (χ3v) is 5.64. The zero-order chi connectivity index (χ0) is 21.1. The molecule has 3 aromatic rings. The van der Waals surface area contributed by atoms with Gasteiger partial charge in [0.05, 0.1) is 17.3 Å². The molecular formula is C23H23N3O3S. The fourth-order valence-corrected chi connectivity index (χ4v) is 4.16. The lowest BCUT2D eigenvalue weighted by atomic mass is 10.0. The molecule has 2 atom stereocenters. The summed E-state index contributed by atoms with van der Waals surface area (Å²) in [6, 6.07) is 16.1. The SMILES string of the molecule is CCCCN1C(=S)N[C@@H](c2ccccn2)[C@@H]1c1ccc(-c2ccccc2C(=O)O)o1. The molecule has 154 valence electrons. The molecule has 1 aliphatic heterocycles. The lowest BCUT2D eigenvalue weighted by Crippen LogP contribution is -2.30. The third kappa shape index (κ3) is 3.80. The van der Waals surface area contributed by atoms with E-state index in [9.17, 15) is 9.90 Å². The minimum atomic E-state index is -0.983. The van der Waals surface area contributed by atoms with E-state index in [-0.39, 0.29) is 17.6 Å². The summed E-state index contributed by atoms with van der Waals surface area (Å²) in [5.74, 6) is 0.267. The monoisotopic (exact) mass is 421 g/mol. The van der Waals surface area contributed by atoms with Gasteiger partial charge in [-0.05, 0) is 49.0 Å². The average Bonchev–Trinajstić information content (AvgIpc) is 3.37. The molecule has 0 unspecified atom stereocenters. The number of thiocarbonyl (C=S) groups is 1. The predicted molar refractivity (Wildman–Crippen MR) is 118 cm³/mol. The highest BCUT2D eigenvalue weighted by Gasteiger charge is 2.41. The van der Waals surface area contributed by atoms with Crippen LogP contribution in [0.3, 0.4) is 0 Å². The number of furan rings is 1. The Kier molecular flexibility index (Phi) is 5.81. The van der Waals surface area contributed by atoms with E-state index in [2.05, 4.69) is 22.1 Å². The van der Waals surface area contributed by atoms with Crippen LogP contribution in [-0.4, -0.2) is 32.6 Å². The van der Waals surface area contributed by atoms with E-state index in [1.165, 1.54) is 0 Å². The molecule has 0 spiro atoms. The first kappa shape index (κ1) is 20.1. The van der Waals surface area contributed by atoms with Gasteiger partial charge in [-0.3, -0.25) is 4.98 Å². The topological polar surface area (TPSA) is 78.6 Å². The van der Waals surface area contributed by atoms with Gasteiger partial charge in [-0.2, -0.15) is 0 Å². The number of carboxylic acids is 1.